The highest BCUT2D eigenvalue weighted by Gasteiger charge is 2.41. The van der Waals surface area contributed by atoms with Gasteiger partial charge in [-0.1, -0.05) is 19.3 Å². The second kappa shape index (κ2) is 6.73. The first-order chi connectivity index (χ1) is 8.52. The van der Waals surface area contributed by atoms with Crippen molar-refractivity contribution < 1.29 is 19.8 Å². The van der Waals surface area contributed by atoms with Crippen molar-refractivity contribution >= 4 is 11.9 Å². The minimum absolute atomic E-state index is 0.0433. The number of aliphatic hydroxyl groups is 1. The summed E-state index contributed by atoms with van der Waals surface area (Å²) in [6, 6.07) is 0. The molecule has 0 aromatic carbocycles. The first-order valence-electron chi connectivity index (χ1n) is 6.60. The molecule has 0 aromatic heterocycles. The van der Waals surface area contributed by atoms with Crippen LogP contribution in [-0.4, -0.2) is 47.2 Å². The summed E-state index contributed by atoms with van der Waals surface area (Å²) in [4.78, 5) is 25.0. The molecule has 0 heterocycles. The van der Waals surface area contributed by atoms with Crippen LogP contribution in [0.4, 0.5) is 0 Å². The zero-order valence-electron chi connectivity index (χ0n) is 11.0. The topological polar surface area (TPSA) is 77.8 Å². The lowest BCUT2D eigenvalue weighted by molar-refractivity contribution is -0.155. The second-order valence-corrected chi connectivity index (χ2v) is 5.22. The van der Waals surface area contributed by atoms with E-state index < -0.39 is 11.4 Å². The van der Waals surface area contributed by atoms with E-state index in [0.29, 0.717) is 25.8 Å². The predicted octanol–water partition coefficient (Wildman–Crippen LogP) is 1.25. The molecule has 1 rings (SSSR count). The fraction of sp³-hybridized carbons (Fsp3) is 0.846. The van der Waals surface area contributed by atoms with Crippen molar-refractivity contribution in [2.75, 3.05) is 20.2 Å². The van der Waals surface area contributed by atoms with Gasteiger partial charge in [-0.2, -0.15) is 0 Å². The molecule has 5 heteroatoms. The van der Waals surface area contributed by atoms with Crippen molar-refractivity contribution in [2.45, 2.75) is 44.9 Å². The smallest absolute Gasteiger partial charge is 0.310 e. The van der Waals surface area contributed by atoms with E-state index in [4.69, 9.17) is 5.11 Å². The number of rotatable bonds is 6. The van der Waals surface area contributed by atoms with Gasteiger partial charge in [0.05, 0.1) is 5.41 Å². The van der Waals surface area contributed by atoms with Crippen LogP contribution in [0.25, 0.3) is 0 Å². The number of nitrogens with zero attached hydrogens (tertiary/aromatic N) is 1. The Bertz CT molecular complexity index is 297. The highest BCUT2D eigenvalue weighted by Crippen LogP contribution is 2.39. The maximum atomic E-state index is 12.0. The minimum Gasteiger partial charge on any atom is -0.481 e. The molecular formula is C13H23NO4. The molecule has 1 aliphatic rings. The van der Waals surface area contributed by atoms with Crippen molar-refractivity contribution in [1.82, 2.24) is 4.90 Å². The summed E-state index contributed by atoms with van der Waals surface area (Å²) < 4.78 is 0. The number of hydrogen-bond acceptors (Lipinski definition) is 3. The van der Waals surface area contributed by atoms with E-state index in [9.17, 15) is 14.7 Å². The molecule has 0 aromatic rings. The number of aliphatic carboxylic acids is 1. The fourth-order valence-electron chi connectivity index (χ4n) is 2.55. The Balaban J connectivity index is 2.60. The molecule has 2 N–H and O–H groups in total. The molecule has 0 aliphatic heterocycles. The van der Waals surface area contributed by atoms with Gasteiger partial charge in [-0.05, 0) is 19.3 Å². The van der Waals surface area contributed by atoms with E-state index in [1.807, 2.05) is 0 Å². The van der Waals surface area contributed by atoms with Crippen molar-refractivity contribution in [2.24, 2.45) is 5.41 Å². The standard InChI is InChI=1S/C13H23NO4/c1-14(8-5-9-15)11(16)10-13(12(17)18)6-3-2-4-7-13/h15H,2-10H2,1H3,(H,17,18). The quantitative estimate of drug-likeness (QED) is 0.750. The van der Waals surface area contributed by atoms with Gasteiger partial charge in [-0.15, -0.1) is 0 Å². The first kappa shape index (κ1) is 15.0. The lowest BCUT2D eigenvalue weighted by Gasteiger charge is -2.33. The molecule has 1 aliphatic carbocycles. The van der Waals surface area contributed by atoms with E-state index in [1.165, 1.54) is 4.90 Å². The molecule has 18 heavy (non-hydrogen) atoms. The Hall–Kier alpha value is -1.10. The van der Waals surface area contributed by atoms with Crippen LogP contribution in [0.5, 0.6) is 0 Å². The summed E-state index contributed by atoms with van der Waals surface area (Å²) in [6.45, 7) is 0.521. The third-order valence-corrected chi connectivity index (χ3v) is 3.83. The molecule has 0 bridgehead atoms. The summed E-state index contributed by atoms with van der Waals surface area (Å²) in [5.74, 6) is -0.973. The number of hydrogen-bond donors (Lipinski definition) is 2. The number of carboxylic acids is 1. The van der Waals surface area contributed by atoms with Crippen LogP contribution in [0.15, 0.2) is 0 Å². The number of carbonyl (C=O) groups is 2. The van der Waals surface area contributed by atoms with Crippen LogP contribution >= 0.6 is 0 Å². The number of aliphatic hydroxyl groups excluding tert-OH is 1. The summed E-state index contributed by atoms with van der Waals surface area (Å²) in [5.41, 5.74) is -0.858. The summed E-state index contributed by atoms with van der Waals surface area (Å²) in [5, 5.41) is 18.1. The van der Waals surface area contributed by atoms with E-state index in [1.54, 1.807) is 7.05 Å². The first-order valence-corrected chi connectivity index (χ1v) is 6.60. The maximum absolute atomic E-state index is 12.0. The van der Waals surface area contributed by atoms with Gasteiger partial charge < -0.3 is 15.1 Å². The monoisotopic (exact) mass is 257 g/mol. The van der Waals surface area contributed by atoms with Crippen molar-refractivity contribution in [3.63, 3.8) is 0 Å². The van der Waals surface area contributed by atoms with Crippen LogP contribution in [-0.2, 0) is 9.59 Å². The van der Waals surface area contributed by atoms with Crippen molar-refractivity contribution in [3.8, 4) is 0 Å². The molecular weight excluding hydrogens is 234 g/mol. The maximum Gasteiger partial charge on any atom is 0.310 e. The normalized spacial score (nSPS) is 18.3. The average Bonchev–Trinajstić information content (AvgIpc) is 2.36. The third-order valence-electron chi connectivity index (χ3n) is 3.83. The van der Waals surface area contributed by atoms with Gasteiger partial charge in [-0.3, -0.25) is 9.59 Å². The van der Waals surface area contributed by atoms with Gasteiger partial charge >= 0.3 is 5.97 Å². The molecule has 0 radical (unpaired) electrons. The van der Waals surface area contributed by atoms with E-state index >= 15 is 0 Å². The molecule has 1 amide bonds. The predicted molar refractivity (Wildman–Crippen MR) is 67.1 cm³/mol. The van der Waals surface area contributed by atoms with Crippen LogP contribution in [0.1, 0.15) is 44.9 Å². The molecule has 0 saturated heterocycles. The number of carboxylic acid groups (broad SMARTS) is 1. The summed E-state index contributed by atoms with van der Waals surface area (Å²) in [6.07, 6.45) is 4.65. The Morgan fingerprint density at radius 2 is 1.83 bits per heavy atom. The van der Waals surface area contributed by atoms with Gasteiger partial charge in [0.2, 0.25) is 5.91 Å². The largest absolute Gasteiger partial charge is 0.481 e. The lowest BCUT2D eigenvalue weighted by Crippen LogP contribution is -2.40. The third kappa shape index (κ3) is 3.70. The lowest BCUT2D eigenvalue weighted by atomic mass is 9.71. The highest BCUT2D eigenvalue weighted by atomic mass is 16.4. The molecule has 104 valence electrons. The average molecular weight is 257 g/mol. The zero-order valence-corrected chi connectivity index (χ0v) is 11.0. The van der Waals surface area contributed by atoms with Gasteiger partial charge in [0.15, 0.2) is 0 Å². The molecule has 0 unspecified atom stereocenters. The zero-order chi connectivity index (χ0) is 13.6. The second-order valence-electron chi connectivity index (χ2n) is 5.22. The molecule has 5 nitrogen and oxygen atoms in total. The van der Waals surface area contributed by atoms with Crippen LogP contribution in [0.3, 0.4) is 0 Å². The number of amides is 1. The SMILES string of the molecule is CN(CCCO)C(=O)CC1(C(=O)O)CCCCC1. The molecule has 0 atom stereocenters. The Kier molecular flexibility index (Phi) is 5.59. The van der Waals surface area contributed by atoms with Gasteiger partial charge in [0.1, 0.15) is 0 Å². The van der Waals surface area contributed by atoms with Crippen LogP contribution in [0, 0.1) is 5.41 Å². The van der Waals surface area contributed by atoms with E-state index in [2.05, 4.69) is 0 Å². The van der Waals surface area contributed by atoms with Gasteiger partial charge in [-0.25, -0.2) is 0 Å². The Labute approximate surface area is 108 Å². The summed E-state index contributed by atoms with van der Waals surface area (Å²) >= 11 is 0. The van der Waals surface area contributed by atoms with Crippen molar-refractivity contribution in [1.29, 1.82) is 0 Å². The molecule has 1 saturated carbocycles. The van der Waals surface area contributed by atoms with E-state index in [-0.39, 0.29) is 18.9 Å². The van der Waals surface area contributed by atoms with Crippen LogP contribution < -0.4 is 0 Å². The molecule has 0 spiro atoms. The summed E-state index contributed by atoms with van der Waals surface area (Å²) in [7, 11) is 1.66. The van der Waals surface area contributed by atoms with Crippen LogP contribution in [0.2, 0.25) is 0 Å². The van der Waals surface area contributed by atoms with Gasteiger partial charge in [0, 0.05) is 26.6 Å². The Morgan fingerprint density at radius 3 is 2.33 bits per heavy atom. The van der Waals surface area contributed by atoms with Crippen molar-refractivity contribution in [3.05, 3.63) is 0 Å². The Morgan fingerprint density at radius 1 is 1.22 bits per heavy atom. The number of carbonyl (C=O) groups excluding carboxylic acids is 1. The molecule has 1 fully saturated rings. The van der Waals surface area contributed by atoms with Gasteiger partial charge in [0.25, 0.3) is 0 Å². The highest BCUT2D eigenvalue weighted by molar-refractivity contribution is 5.85. The van der Waals surface area contributed by atoms with E-state index in [0.717, 1.165) is 19.3 Å². The fourth-order valence-corrected chi connectivity index (χ4v) is 2.55. The minimum atomic E-state index is -0.858.